The number of rotatable bonds is 3. The van der Waals surface area contributed by atoms with E-state index in [4.69, 9.17) is 4.74 Å². The minimum atomic E-state index is -0.182. The van der Waals surface area contributed by atoms with Crippen LogP contribution in [0.3, 0.4) is 0 Å². The summed E-state index contributed by atoms with van der Waals surface area (Å²) in [6.07, 6.45) is 5.74. The maximum atomic E-state index is 11.8. The molecule has 2 heteroatoms. The second-order valence-corrected chi connectivity index (χ2v) is 5.46. The summed E-state index contributed by atoms with van der Waals surface area (Å²) < 4.78 is 5.66. The highest BCUT2D eigenvalue weighted by atomic mass is 16.6. The van der Waals surface area contributed by atoms with E-state index in [1.807, 2.05) is 6.92 Å². The Morgan fingerprint density at radius 1 is 1.13 bits per heavy atom. The van der Waals surface area contributed by atoms with Crippen LogP contribution in [0.4, 0.5) is 0 Å². The number of ether oxygens (including phenoxy) is 1. The summed E-state index contributed by atoms with van der Waals surface area (Å²) in [6, 6.07) is 0. The predicted octanol–water partition coefficient (Wildman–Crippen LogP) is 3.54. The van der Waals surface area contributed by atoms with E-state index >= 15 is 0 Å². The Morgan fingerprint density at radius 3 is 2.13 bits per heavy atom. The van der Waals surface area contributed by atoms with E-state index in [0.717, 1.165) is 12.8 Å². The summed E-state index contributed by atoms with van der Waals surface area (Å²) >= 11 is 0. The summed E-state index contributed by atoms with van der Waals surface area (Å²) in [5.74, 6) is 0.364. The van der Waals surface area contributed by atoms with Crippen LogP contribution < -0.4 is 0 Å². The van der Waals surface area contributed by atoms with E-state index in [9.17, 15) is 4.79 Å². The fourth-order valence-electron chi connectivity index (χ4n) is 2.01. The van der Waals surface area contributed by atoms with Crippen LogP contribution in [0.1, 0.15) is 59.8 Å². The molecule has 2 nitrogen and oxygen atoms in total. The van der Waals surface area contributed by atoms with Gasteiger partial charge in [-0.15, -0.1) is 0 Å². The highest BCUT2D eigenvalue weighted by Crippen LogP contribution is 2.32. The summed E-state index contributed by atoms with van der Waals surface area (Å²) in [5, 5.41) is 0. The minimum absolute atomic E-state index is 0.0174. The molecular formula is C13H24O2. The van der Waals surface area contributed by atoms with Crippen molar-refractivity contribution in [2.24, 2.45) is 11.8 Å². The fraction of sp³-hybridized carbons (Fsp3) is 0.923. The molecule has 0 aromatic rings. The average Bonchev–Trinajstić information content (AvgIpc) is 2.16. The second-order valence-electron chi connectivity index (χ2n) is 5.46. The van der Waals surface area contributed by atoms with Crippen LogP contribution in [0.25, 0.3) is 0 Å². The third kappa shape index (κ3) is 3.51. The summed E-state index contributed by atoms with van der Waals surface area (Å²) in [7, 11) is 0. The predicted molar refractivity (Wildman–Crippen MR) is 61.6 cm³/mol. The van der Waals surface area contributed by atoms with Gasteiger partial charge in [0.1, 0.15) is 5.60 Å². The zero-order chi connectivity index (χ0) is 11.5. The Balaban J connectivity index is 2.49. The van der Waals surface area contributed by atoms with Crippen LogP contribution in [0.15, 0.2) is 0 Å². The maximum absolute atomic E-state index is 11.8. The Bertz CT molecular complexity index is 215. The summed E-state index contributed by atoms with van der Waals surface area (Å²) in [5.41, 5.74) is -0.182. The molecular weight excluding hydrogens is 188 g/mol. The Hall–Kier alpha value is -0.530. The van der Waals surface area contributed by atoms with Gasteiger partial charge in [0.2, 0.25) is 0 Å². The molecule has 1 fully saturated rings. The number of carbonyl (C=O) groups is 1. The smallest absolute Gasteiger partial charge is 0.309 e. The molecule has 1 rings (SSSR count). The van der Waals surface area contributed by atoms with Gasteiger partial charge < -0.3 is 4.74 Å². The minimum Gasteiger partial charge on any atom is -0.459 e. The number of hydrogen-bond donors (Lipinski definition) is 0. The zero-order valence-electron chi connectivity index (χ0n) is 10.5. The van der Waals surface area contributed by atoms with Gasteiger partial charge in [-0.3, -0.25) is 4.79 Å². The van der Waals surface area contributed by atoms with E-state index in [1.165, 1.54) is 19.3 Å². The van der Waals surface area contributed by atoms with Crippen molar-refractivity contribution in [3.05, 3.63) is 0 Å². The molecule has 0 aliphatic heterocycles. The molecule has 1 aliphatic carbocycles. The lowest BCUT2D eigenvalue weighted by Gasteiger charge is -2.34. The molecule has 1 aliphatic rings. The molecule has 0 radical (unpaired) electrons. The topological polar surface area (TPSA) is 26.3 Å². The highest BCUT2D eigenvalue weighted by Gasteiger charge is 2.32. The monoisotopic (exact) mass is 212 g/mol. The van der Waals surface area contributed by atoms with Gasteiger partial charge in [-0.25, -0.2) is 0 Å². The molecule has 1 saturated carbocycles. The molecule has 88 valence electrons. The quantitative estimate of drug-likeness (QED) is 0.669. The largest absolute Gasteiger partial charge is 0.459 e. The third-order valence-corrected chi connectivity index (χ3v) is 3.63. The number of hydrogen-bond acceptors (Lipinski definition) is 2. The maximum Gasteiger partial charge on any atom is 0.309 e. The van der Waals surface area contributed by atoms with E-state index in [1.54, 1.807) is 0 Å². The third-order valence-electron chi connectivity index (χ3n) is 3.63. The lowest BCUT2D eigenvalue weighted by Crippen LogP contribution is -2.36. The Morgan fingerprint density at radius 2 is 1.67 bits per heavy atom. The van der Waals surface area contributed by atoms with E-state index < -0.39 is 0 Å². The normalized spacial score (nSPS) is 22.5. The lowest BCUT2D eigenvalue weighted by molar-refractivity contribution is -0.167. The van der Waals surface area contributed by atoms with Crippen LogP contribution in [0.2, 0.25) is 0 Å². The Labute approximate surface area is 93.4 Å². The Kier molecular flexibility index (Phi) is 4.18. The van der Waals surface area contributed by atoms with Crippen molar-refractivity contribution < 1.29 is 9.53 Å². The molecule has 15 heavy (non-hydrogen) atoms. The SMILES string of the molecule is CC(C)C(C)C(=O)OC1(C)CCCCC1. The van der Waals surface area contributed by atoms with Crippen molar-refractivity contribution in [3.63, 3.8) is 0 Å². The first kappa shape index (κ1) is 12.5. The molecule has 0 amide bonds. The first-order valence-electron chi connectivity index (χ1n) is 6.17. The van der Waals surface area contributed by atoms with Gasteiger partial charge in [0.05, 0.1) is 5.92 Å². The van der Waals surface area contributed by atoms with Gasteiger partial charge in [-0.2, -0.15) is 0 Å². The van der Waals surface area contributed by atoms with Crippen molar-refractivity contribution in [2.45, 2.75) is 65.4 Å². The van der Waals surface area contributed by atoms with Gasteiger partial charge in [-0.05, 0) is 38.5 Å². The molecule has 0 aromatic heterocycles. The molecule has 1 unspecified atom stereocenters. The van der Waals surface area contributed by atoms with Crippen LogP contribution in [0.5, 0.6) is 0 Å². The van der Waals surface area contributed by atoms with Gasteiger partial charge in [0, 0.05) is 0 Å². The van der Waals surface area contributed by atoms with Gasteiger partial charge in [0.25, 0.3) is 0 Å². The first-order valence-corrected chi connectivity index (χ1v) is 6.17. The number of esters is 1. The van der Waals surface area contributed by atoms with Crippen LogP contribution in [-0.2, 0) is 9.53 Å². The lowest BCUT2D eigenvalue weighted by atomic mass is 9.86. The second kappa shape index (κ2) is 5.00. The van der Waals surface area contributed by atoms with E-state index in [2.05, 4.69) is 20.8 Å². The van der Waals surface area contributed by atoms with Gasteiger partial charge >= 0.3 is 5.97 Å². The number of carbonyl (C=O) groups excluding carboxylic acids is 1. The van der Waals surface area contributed by atoms with Crippen molar-refractivity contribution >= 4 is 5.97 Å². The van der Waals surface area contributed by atoms with Crippen molar-refractivity contribution in [1.29, 1.82) is 0 Å². The molecule has 0 N–H and O–H groups in total. The molecule has 0 heterocycles. The van der Waals surface area contributed by atoms with Crippen molar-refractivity contribution in [3.8, 4) is 0 Å². The fourth-order valence-corrected chi connectivity index (χ4v) is 2.01. The van der Waals surface area contributed by atoms with Crippen molar-refractivity contribution in [2.75, 3.05) is 0 Å². The van der Waals surface area contributed by atoms with E-state index in [0.29, 0.717) is 5.92 Å². The van der Waals surface area contributed by atoms with E-state index in [-0.39, 0.29) is 17.5 Å². The summed E-state index contributed by atoms with van der Waals surface area (Å²) in [6.45, 7) is 8.17. The van der Waals surface area contributed by atoms with Crippen LogP contribution >= 0.6 is 0 Å². The zero-order valence-corrected chi connectivity index (χ0v) is 10.5. The molecule has 0 saturated heterocycles. The summed E-state index contributed by atoms with van der Waals surface area (Å²) in [4.78, 5) is 11.8. The van der Waals surface area contributed by atoms with Crippen molar-refractivity contribution in [1.82, 2.24) is 0 Å². The highest BCUT2D eigenvalue weighted by molar-refractivity contribution is 5.72. The molecule has 0 bridgehead atoms. The van der Waals surface area contributed by atoms with Gasteiger partial charge in [-0.1, -0.05) is 27.2 Å². The average molecular weight is 212 g/mol. The van der Waals surface area contributed by atoms with Crippen LogP contribution in [0, 0.1) is 11.8 Å². The first-order chi connectivity index (χ1) is 6.94. The molecule has 1 atom stereocenters. The standard InChI is InChI=1S/C13H24O2/c1-10(2)11(3)12(14)15-13(4)8-6-5-7-9-13/h10-11H,5-9H2,1-4H3. The van der Waals surface area contributed by atoms with Crippen LogP contribution in [-0.4, -0.2) is 11.6 Å². The molecule has 0 aromatic carbocycles. The molecule has 0 spiro atoms. The van der Waals surface area contributed by atoms with Gasteiger partial charge in [0.15, 0.2) is 0 Å².